The van der Waals surface area contributed by atoms with Gasteiger partial charge in [-0.2, -0.15) is 0 Å². The molecule has 3 aromatic rings. The summed E-state index contributed by atoms with van der Waals surface area (Å²) in [7, 11) is 0. The van der Waals surface area contributed by atoms with Gasteiger partial charge in [-0.1, -0.05) is 42.5 Å². The van der Waals surface area contributed by atoms with Gasteiger partial charge in [-0.05, 0) is 35.9 Å². The fourth-order valence-electron chi connectivity index (χ4n) is 1.98. The highest BCUT2D eigenvalue weighted by molar-refractivity contribution is 5.80. The summed E-state index contributed by atoms with van der Waals surface area (Å²) < 4.78 is 0. The first-order chi connectivity index (χ1) is 9.31. The van der Waals surface area contributed by atoms with Crippen molar-refractivity contribution < 1.29 is 5.11 Å². The highest BCUT2D eigenvalue weighted by Crippen LogP contribution is 2.15. The van der Waals surface area contributed by atoms with E-state index in [2.05, 4.69) is 11.1 Å². The summed E-state index contributed by atoms with van der Waals surface area (Å²) in [5.41, 5.74) is 2.84. The van der Waals surface area contributed by atoms with Crippen LogP contribution < -0.4 is 0 Å². The number of pyridine rings is 1. The van der Waals surface area contributed by atoms with Gasteiger partial charge in [-0.3, -0.25) is 0 Å². The number of rotatable bonds is 2. The largest absolute Gasteiger partial charge is 0.508 e. The molecule has 0 fully saturated rings. The molecule has 0 unspecified atom stereocenters. The second kappa shape index (κ2) is 4.94. The zero-order chi connectivity index (χ0) is 13.1. The lowest BCUT2D eigenvalue weighted by Gasteiger charge is -1.99. The number of benzene rings is 2. The van der Waals surface area contributed by atoms with Crippen LogP contribution in [0.2, 0.25) is 0 Å². The Morgan fingerprint density at radius 3 is 2.63 bits per heavy atom. The molecule has 0 aliphatic carbocycles. The van der Waals surface area contributed by atoms with Crippen molar-refractivity contribution in [1.82, 2.24) is 4.98 Å². The van der Waals surface area contributed by atoms with Crippen molar-refractivity contribution in [1.29, 1.82) is 0 Å². The van der Waals surface area contributed by atoms with Gasteiger partial charge in [0.1, 0.15) is 5.75 Å². The molecule has 3 rings (SSSR count). The van der Waals surface area contributed by atoms with Crippen molar-refractivity contribution in [3.8, 4) is 5.75 Å². The topological polar surface area (TPSA) is 33.1 Å². The van der Waals surface area contributed by atoms with Crippen LogP contribution in [0.5, 0.6) is 5.75 Å². The van der Waals surface area contributed by atoms with Crippen molar-refractivity contribution in [2.75, 3.05) is 0 Å². The van der Waals surface area contributed by atoms with Crippen molar-refractivity contribution in [3.63, 3.8) is 0 Å². The van der Waals surface area contributed by atoms with Gasteiger partial charge in [0.15, 0.2) is 0 Å². The summed E-state index contributed by atoms with van der Waals surface area (Å²) in [6.07, 6.45) is 3.89. The molecule has 0 aliphatic heterocycles. The smallest absolute Gasteiger partial charge is 0.116 e. The predicted molar refractivity (Wildman–Crippen MR) is 78.8 cm³/mol. The Kier molecular flexibility index (Phi) is 2.99. The van der Waals surface area contributed by atoms with E-state index in [1.165, 1.54) is 0 Å². The molecule has 2 aromatic carbocycles. The number of phenols is 1. The quantitative estimate of drug-likeness (QED) is 0.739. The van der Waals surface area contributed by atoms with E-state index in [4.69, 9.17) is 0 Å². The fraction of sp³-hybridized carbons (Fsp3) is 0. The Morgan fingerprint density at radius 2 is 1.74 bits per heavy atom. The van der Waals surface area contributed by atoms with Gasteiger partial charge in [0, 0.05) is 5.39 Å². The van der Waals surface area contributed by atoms with Crippen LogP contribution in [-0.2, 0) is 0 Å². The molecule has 92 valence electrons. The lowest BCUT2D eigenvalue weighted by molar-refractivity contribution is 0.475. The second-order valence-electron chi connectivity index (χ2n) is 4.36. The molecular weight excluding hydrogens is 234 g/mol. The Balaban J connectivity index is 1.92. The molecule has 0 saturated heterocycles. The van der Waals surface area contributed by atoms with Crippen LogP contribution in [0.25, 0.3) is 23.1 Å². The van der Waals surface area contributed by atoms with Gasteiger partial charge < -0.3 is 5.11 Å². The van der Waals surface area contributed by atoms with Crippen LogP contribution in [0, 0.1) is 0 Å². The number of para-hydroxylation sites is 1. The molecule has 1 aromatic heterocycles. The first kappa shape index (κ1) is 11.5. The van der Waals surface area contributed by atoms with E-state index >= 15 is 0 Å². The zero-order valence-electron chi connectivity index (χ0n) is 10.3. The molecule has 1 N–H and O–H groups in total. The SMILES string of the molecule is Oc1cccc(C=Cc2ccc3ccccc3n2)c1. The number of phenolic OH excluding ortho intramolecular Hbond substituents is 1. The molecule has 0 radical (unpaired) electrons. The van der Waals surface area contributed by atoms with E-state index in [0.717, 1.165) is 22.2 Å². The highest BCUT2D eigenvalue weighted by Gasteiger charge is 1.95. The third-order valence-electron chi connectivity index (χ3n) is 2.94. The van der Waals surface area contributed by atoms with Crippen LogP contribution in [0.15, 0.2) is 60.7 Å². The zero-order valence-corrected chi connectivity index (χ0v) is 10.3. The average molecular weight is 247 g/mol. The molecule has 0 bridgehead atoms. The summed E-state index contributed by atoms with van der Waals surface area (Å²) >= 11 is 0. The molecule has 0 amide bonds. The third kappa shape index (κ3) is 2.63. The van der Waals surface area contributed by atoms with Gasteiger partial charge in [0.2, 0.25) is 0 Å². The lowest BCUT2D eigenvalue weighted by Crippen LogP contribution is -1.82. The Morgan fingerprint density at radius 1 is 0.842 bits per heavy atom. The lowest BCUT2D eigenvalue weighted by atomic mass is 10.1. The first-order valence-electron chi connectivity index (χ1n) is 6.14. The van der Waals surface area contributed by atoms with E-state index in [0.29, 0.717) is 0 Å². The Bertz CT molecular complexity index is 747. The number of hydrogen-bond acceptors (Lipinski definition) is 2. The van der Waals surface area contributed by atoms with Gasteiger partial charge in [-0.15, -0.1) is 0 Å². The average Bonchev–Trinajstić information content (AvgIpc) is 2.45. The molecule has 2 nitrogen and oxygen atoms in total. The molecule has 0 saturated carbocycles. The van der Waals surface area contributed by atoms with Crippen LogP contribution in [-0.4, -0.2) is 10.1 Å². The Hall–Kier alpha value is -2.61. The second-order valence-corrected chi connectivity index (χ2v) is 4.36. The predicted octanol–water partition coefficient (Wildman–Crippen LogP) is 4.11. The standard InChI is InChI=1S/C17H13NO/c19-16-6-3-4-13(12-16)8-10-15-11-9-14-5-1-2-7-17(14)18-15/h1-12,19H. The summed E-state index contributed by atoms with van der Waals surface area (Å²) in [4.78, 5) is 4.56. The van der Waals surface area contributed by atoms with E-state index in [1.807, 2.05) is 54.6 Å². The maximum atomic E-state index is 9.40. The number of hydrogen-bond donors (Lipinski definition) is 1. The summed E-state index contributed by atoms with van der Waals surface area (Å²) in [6.45, 7) is 0. The first-order valence-corrected chi connectivity index (χ1v) is 6.14. The maximum Gasteiger partial charge on any atom is 0.116 e. The maximum absolute atomic E-state index is 9.40. The minimum absolute atomic E-state index is 0.272. The van der Waals surface area contributed by atoms with E-state index in [1.54, 1.807) is 12.1 Å². The normalized spacial score (nSPS) is 11.2. The molecular formula is C17H13NO. The van der Waals surface area contributed by atoms with Gasteiger partial charge in [0.25, 0.3) is 0 Å². The van der Waals surface area contributed by atoms with Crippen molar-refractivity contribution in [2.24, 2.45) is 0 Å². The van der Waals surface area contributed by atoms with E-state index in [-0.39, 0.29) is 5.75 Å². The minimum Gasteiger partial charge on any atom is -0.508 e. The number of nitrogens with zero attached hydrogens (tertiary/aromatic N) is 1. The highest BCUT2D eigenvalue weighted by atomic mass is 16.3. The van der Waals surface area contributed by atoms with Crippen LogP contribution in [0.4, 0.5) is 0 Å². The molecule has 2 heteroatoms. The molecule has 0 atom stereocenters. The summed E-state index contributed by atoms with van der Waals surface area (Å²) in [5, 5.41) is 10.5. The van der Waals surface area contributed by atoms with Crippen LogP contribution in [0.3, 0.4) is 0 Å². The third-order valence-corrected chi connectivity index (χ3v) is 2.94. The summed E-state index contributed by atoms with van der Waals surface area (Å²) in [5.74, 6) is 0.272. The van der Waals surface area contributed by atoms with Crippen molar-refractivity contribution in [3.05, 3.63) is 71.9 Å². The van der Waals surface area contributed by atoms with Gasteiger partial charge in [-0.25, -0.2) is 4.98 Å². The molecule has 0 spiro atoms. The van der Waals surface area contributed by atoms with Crippen LogP contribution in [0.1, 0.15) is 11.3 Å². The fourth-order valence-corrected chi connectivity index (χ4v) is 1.98. The van der Waals surface area contributed by atoms with Crippen molar-refractivity contribution in [2.45, 2.75) is 0 Å². The minimum atomic E-state index is 0.272. The van der Waals surface area contributed by atoms with Crippen LogP contribution >= 0.6 is 0 Å². The number of fused-ring (bicyclic) bond motifs is 1. The van der Waals surface area contributed by atoms with Gasteiger partial charge >= 0.3 is 0 Å². The molecule has 19 heavy (non-hydrogen) atoms. The monoisotopic (exact) mass is 247 g/mol. The number of aromatic nitrogens is 1. The summed E-state index contributed by atoms with van der Waals surface area (Å²) in [6, 6.07) is 19.2. The number of aromatic hydroxyl groups is 1. The van der Waals surface area contributed by atoms with Gasteiger partial charge in [0.05, 0.1) is 11.2 Å². The van der Waals surface area contributed by atoms with Crippen molar-refractivity contribution >= 4 is 23.1 Å². The molecule has 1 heterocycles. The Labute approximate surface area is 111 Å². The molecule has 0 aliphatic rings. The van der Waals surface area contributed by atoms with E-state index in [9.17, 15) is 5.11 Å². The van der Waals surface area contributed by atoms with E-state index < -0.39 is 0 Å².